The zero-order chi connectivity index (χ0) is 33.8. The van der Waals surface area contributed by atoms with Gasteiger partial charge >= 0.3 is 6.09 Å². The second-order valence-corrected chi connectivity index (χ2v) is 10.5. The zero-order valence-electron chi connectivity index (χ0n) is 25.1. The number of carbonyl (C=O) groups is 4. The molecule has 0 radical (unpaired) electrons. The second kappa shape index (κ2) is 13.9. The molecule has 47 heavy (non-hydrogen) atoms. The molecule has 246 valence electrons. The lowest BCUT2D eigenvalue weighted by Gasteiger charge is -2.32. The highest BCUT2D eigenvalue weighted by atomic mass is 19.1. The number of imidazole rings is 1. The summed E-state index contributed by atoms with van der Waals surface area (Å²) < 4.78 is 70.9. The molecule has 12 nitrogen and oxygen atoms in total. The molecule has 1 saturated heterocycles. The Balaban J connectivity index is 1.44. The van der Waals surface area contributed by atoms with Crippen LogP contribution in [0.1, 0.15) is 36.8 Å². The van der Waals surface area contributed by atoms with Crippen molar-refractivity contribution in [3.05, 3.63) is 82.1 Å². The van der Waals surface area contributed by atoms with Crippen LogP contribution >= 0.6 is 0 Å². The van der Waals surface area contributed by atoms with Gasteiger partial charge < -0.3 is 29.6 Å². The Morgan fingerprint density at radius 1 is 1.00 bits per heavy atom. The summed E-state index contributed by atoms with van der Waals surface area (Å²) in [5.41, 5.74) is -0.940. The van der Waals surface area contributed by atoms with Crippen LogP contribution < -0.4 is 10.6 Å². The number of aromatic nitrogens is 3. The van der Waals surface area contributed by atoms with Crippen molar-refractivity contribution >= 4 is 35.4 Å². The fourth-order valence-electron chi connectivity index (χ4n) is 5.19. The van der Waals surface area contributed by atoms with Gasteiger partial charge in [-0.1, -0.05) is 0 Å². The number of rotatable bonds is 9. The molecule has 0 aliphatic carbocycles. The third kappa shape index (κ3) is 6.91. The van der Waals surface area contributed by atoms with Gasteiger partial charge in [-0.25, -0.2) is 32.3 Å². The van der Waals surface area contributed by atoms with Crippen LogP contribution in [0.2, 0.25) is 0 Å². The van der Waals surface area contributed by atoms with Gasteiger partial charge in [-0.2, -0.15) is 0 Å². The Hall–Kier alpha value is -5.38. The number of methoxy groups -OCH3 is 1. The van der Waals surface area contributed by atoms with Gasteiger partial charge in [0.05, 0.1) is 49.6 Å². The van der Waals surface area contributed by atoms with Crippen molar-refractivity contribution < 1.29 is 46.2 Å². The highest BCUT2D eigenvalue weighted by Gasteiger charge is 2.29. The van der Waals surface area contributed by atoms with Crippen molar-refractivity contribution in [1.29, 1.82) is 0 Å². The maximum Gasteiger partial charge on any atom is 0.409 e. The van der Waals surface area contributed by atoms with Crippen LogP contribution in [0.3, 0.4) is 0 Å². The van der Waals surface area contributed by atoms with E-state index in [-0.39, 0.29) is 61.5 Å². The standard InChI is InChI=1S/C31H28F4N6O6/c1-36-29(43)16-11-23(34)26(24(35)12-16)28-39-27-25(41(28)14-19-13-40(7-8-47-19)31(45)46-2)4-3-18(38-27)5-6-37-30(44)17-9-21(32)20(15-42)22(33)10-17/h3-4,9-12,15,19H,5-8,13-14H2,1-2H3,(H,36,43)(H,37,44)/t19-/m1/s1. The van der Waals surface area contributed by atoms with Crippen LogP contribution in [0.25, 0.3) is 22.6 Å². The van der Waals surface area contributed by atoms with Crippen molar-refractivity contribution in [2.75, 3.05) is 40.4 Å². The number of nitrogens with one attached hydrogen (secondary N) is 2. The highest BCUT2D eigenvalue weighted by Crippen LogP contribution is 2.31. The molecule has 1 aliphatic heterocycles. The number of carbonyl (C=O) groups excluding carboxylic acids is 4. The minimum Gasteiger partial charge on any atom is -0.453 e. The summed E-state index contributed by atoms with van der Waals surface area (Å²) in [4.78, 5) is 57.8. The molecule has 2 aromatic carbocycles. The third-order valence-corrected chi connectivity index (χ3v) is 7.51. The number of nitrogens with zero attached hydrogens (tertiary/aromatic N) is 4. The molecule has 0 spiro atoms. The smallest absolute Gasteiger partial charge is 0.409 e. The van der Waals surface area contributed by atoms with Gasteiger partial charge in [0.2, 0.25) is 0 Å². The first-order chi connectivity index (χ1) is 22.5. The second-order valence-electron chi connectivity index (χ2n) is 10.5. The Kier molecular flexibility index (Phi) is 9.79. The average Bonchev–Trinajstić information content (AvgIpc) is 3.39. The monoisotopic (exact) mass is 656 g/mol. The molecular formula is C31H28F4N6O6. The van der Waals surface area contributed by atoms with Crippen molar-refractivity contribution in [2.45, 2.75) is 19.1 Å². The van der Waals surface area contributed by atoms with Gasteiger partial charge in [0.1, 0.15) is 29.1 Å². The Bertz CT molecular complexity index is 1840. The summed E-state index contributed by atoms with van der Waals surface area (Å²) in [5.74, 6) is -6.04. The van der Waals surface area contributed by atoms with Crippen LogP contribution in [0.5, 0.6) is 0 Å². The maximum absolute atomic E-state index is 15.4. The first-order valence-electron chi connectivity index (χ1n) is 14.3. The summed E-state index contributed by atoms with van der Waals surface area (Å²) >= 11 is 0. The van der Waals surface area contributed by atoms with Crippen molar-refractivity contribution in [2.24, 2.45) is 0 Å². The highest BCUT2D eigenvalue weighted by molar-refractivity contribution is 5.95. The number of hydrogen-bond acceptors (Lipinski definition) is 8. The molecule has 4 aromatic rings. The molecule has 2 aromatic heterocycles. The fraction of sp³-hybridized carbons (Fsp3) is 0.290. The van der Waals surface area contributed by atoms with E-state index >= 15 is 8.78 Å². The summed E-state index contributed by atoms with van der Waals surface area (Å²) in [7, 11) is 2.58. The molecule has 16 heteroatoms. The van der Waals surface area contributed by atoms with E-state index in [4.69, 9.17) is 9.47 Å². The number of hydrogen-bond donors (Lipinski definition) is 2. The van der Waals surface area contributed by atoms with Crippen LogP contribution in [0.4, 0.5) is 22.4 Å². The lowest BCUT2D eigenvalue weighted by Crippen LogP contribution is -2.47. The van der Waals surface area contributed by atoms with Crippen LogP contribution in [-0.2, 0) is 22.4 Å². The number of aldehydes is 1. The molecule has 2 N–H and O–H groups in total. The van der Waals surface area contributed by atoms with E-state index in [1.165, 1.54) is 23.6 Å². The molecule has 1 aliphatic rings. The number of amides is 3. The van der Waals surface area contributed by atoms with Crippen LogP contribution in [0.15, 0.2) is 36.4 Å². The van der Waals surface area contributed by atoms with Gasteiger partial charge in [-0.05, 0) is 36.4 Å². The van der Waals surface area contributed by atoms with E-state index in [0.717, 1.165) is 24.3 Å². The fourth-order valence-corrected chi connectivity index (χ4v) is 5.19. The maximum atomic E-state index is 15.4. The summed E-state index contributed by atoms with van der Waals surface area (Å²) in [6.45, 7) is 0.624. The quantitative estimate of drug-likeness (QED) is 0.206. The predicted molar refractivity (Wildman–Crippen MR) is 158 cm³/mol. The topological polar surface area (TPSA) is 145 Å². The number of fused-ring (bicyclic) bond motifs is 1. The molecule has 1 fully saturated rings. The zero-order valence-corrected chi connectivity index (χ0v) is 25.1. The van der Waals surface area contributed by atoms with Gasteiger partial charge in [-0.15, -0.1) is 0 Å². The van der Waals surface area contributed by atoms with E-state index < -0.39 is 58.4 Å². The molecule has 0 bridgehead atoms. The lowest BCUT2D eigenvalue weighted by atomic mass is 10.1. The molecule has 0 unspecified atom stereocenters. The van der Waals surface area contributed by atoms with E-state index in [2.05, 4.69) is 20.6 Å². The Labute approximate surface area is 264 Å². The van der Waals surface area contributed by atoms with Gasteiger partial charge in [-0.3, -0.25) is 14.4 Å². The number of morpholine rings is 1. The minimum atomic E-state index is -1.17. The summed E-state index contributed by atoms with van der Waals surface area (Å²) in [6.07, 6.45) is -1.00. The van der Waals surface area contributed by atoms with Gasteiger partial charge in [0, 0.05) is 43.4 Å². The van der Waals surface area contributed by atoms with E-state index in [1.807, 2.05) is 0 Å². The van der Waals surface area contributed by atoms with Crippen molar-refractivity contribution in [3.63, 3.8) is 0 Å². The third-order valence-electron chi connectivity index (χ3n) is 7.51. The first-order valence-corrected chi connectivity index (χ1v) is 14.3. The van der Waals surface area contributed by atoms with Gasteiger partial charge in [0.25, 0.3) is 11.8 Å². The van der Waals surface area contributed by atoms with Gasteiger partial charge in [0.15, 0.2) is 11.9 Å². The predicted octanol–water partition coefficient (Wildman–Crippen LogP) is 3.27. The number of halogens is 4. The first kappa shape index (κ1) is 33.0. The summed E-state index contributed by atoms with van der Waals surface area (Å²) in [5, 5.41) is 4.83. The molecular weight excluding hydrogens is 628 g/mol. The Morgan fingerprint density at radius 3 is 2.30 bits per heavy atom. The molecule has 3 heterocycles. The number of pyridine rings is 1. The minimum absolute atomic E-state index is 0.00688. The Morgan fingerprint density at radius 2 is 1.66 bits per heavy atom. The average molecular weight is 657 g/mol. The van der Waals surface area contributed by atoms with Crippen molar-refractivity contribution in [1.82, 2.24) is 30.1 Å². The number of benzene rings is 2. The molecule has 0 saturated carbocycles. The summed E-state index contributed by atoms with van der Waals surface area (Å²) in [6, 6.07) is 6.51. The van der Waals surface area contributed by atoms with E-state index in [0.29, 0.717) is 17.8 Å². The van der Waals surface area contributed by atoms with Crippen LogP contribution in [0, 0.1) is 23.3 Å². The molecule has 3 amide bonds. The lowest BCUT2D eigenvalue weighted by molar-refractivity contribution is -0.0310. The van der Waals surface area contributed by atoms with E-state index in [1.54, 1.807) is 12.1 Å². The molecule has 1 atom stereocenters. The van der Waals surface area contributed by atoms with Crippen molar-refractivity contribution in [3.8, 4) is 11.4 Å². The SMILES string of the molecule is CNC(=O)c1cc(F)c(-c2nc3nc(CCNC(=O)c4cc(F)c(C=O)c(F)c4)ccc3n2C[C@H]2CN(C(=O)OC)CCO2)c(F)c1. The number of ether oxygens (including phenoxy) is 2. The normalized spacial score (nSPS) is 14.6. The largest absolute Gasteiger partial charge is 0.453 e. The van der Waals surface area contributed by atoms with Crippen LogP contribution in [-0.4, -0.2) is 90.1 Å². The van der Waals surface area contributed by atoms with E-state index in [9.17, 15) is 28.0 Å². The molecule has 5 rings (SSSR count).